The van der Waals surface area contributed by atoms with Gasteiger partial charge in [0.25, 0.3) is 0 Å². The Bertz CT molecular complexity index is 1450. The van der Waals surface area contributed by atoms with E-state index in [0.717, 1.165) is 92.7 Å². The average molecular weight is 625 g/mol. The first-order chi connectivity index (χ1) is 21.7. The molecule has 4 aromatic rings. The first-order valence-corrected chi connectivity index (χ1v) is 16.3. The van der Waals surface area contributed by atoms with Crippen LogP contribution in [-0.2, 0) is 26.2 Å². The molecule has 0 atom stereocenters. The Morgan fingerprint density at radius 2 is 0.587 bits per heavy atom. The molecule has 0 saturated heterocycles. The van der Waals surface area contributed by atoms with E-state index in [-0.39, 0.29) is 0 Å². The van der Waals surface area contributed by atoms with Crippen molar-refractivity contribution in [2.45, 2.75) is 94.4 Å². The van der Waals surface area contributed by atoms with Crippen LogP contribution in [0.2, 0.25) is 0 Å². The fourth-order valence-electron chi connectivity index (χ4n) is 6.74. The van der Waals surface area contributed by atoms with E-state index in [1.54, 1.807) is 0 Å². The molecule has 0 aromatic heterocycles. The van der Waals surface area contributed by atoms with Gasteiger partial charge in [0.15, 0.2) is 0 Å². The lowest BCUT2D eigenvalue weighted by atomic mass is 10.0. The topological polar surface area (TPSA) is 87.4 Å². The van der Waals surface area contributed by atoms with E-state index in [1.165, 1.54) is 0 Å². The predicted octanol–water partition coefficient (Wildman–Crippen LogP) is 8.46. The second-order valence-electron chi connectivity index (χ2n) is 13.5. The summed E-state index contributed by atoms with van der Waals surface area (Å²) >= 11 is 0. The third-order valence-corrected chi connectivity index (χ3v) is 8.87. The maximum atomic E-state index is 10.9. The third-order valence-electron chi connectivity index (χ3n) is 8.87. The van der Waals surface area contributed by atoms with Gasteiger partial charge < -0.3 is 20.4 Å². The molecule has 6 heteroatoms. The van der Waals surface area contributed by atoms with E-state index in [4.69, 9.17) is 0 Å². The van der Waals surface area contributed by atoms with Crippen molar-refractivity contribution in [1.29, 1.82) is 0 Å². The van der Waals surface area contributed by atoms with Crippen molar-refractivity contribution in [3.8, 4) is 23.0 Å². The molecule has 0 heterocycles. The summed E-state index contributed by atoms with van der Waals surface area (Å²) in [5.74, 6) is 1.31. The lowest BCUT2D eigenvalue weighted by molar-refractivity contribution is 0.217. The summed E-state index contributed by atoms with van der Waals surface area (Å²) in [7, 11) is 0. The number of hydrogen-bond donors (Lipinski definition) is 4. The first kappa shape index (κ1) is 34.9. The number of hydrogen-bond acceptors (Lipinski definition) is 6. The lowest BCUT2D eigenvalue weighted by Gasteiger charge is -2.27. The summed E-state index contributed by atoms with van der Waals surface area (Å²) in [4.78, 5) is 4.61. The smallest absolute Gasteiger partial charge is 0.122 e. The zero-order valence-corrected chi connectivity index (χ0v) is 29.0. The first-order valence-electron chi connectivity index (χ1n) is 16.3. The van der Waals surface area contributed by atoms with Gasteiger partial charge in [0.1, 0.15) is 23.0 Å². The van der Waals surface area contributed by atoms with Gasteiger partial charge in [-0.1, -0.05) is 70.8 Å². The Morgan fingerprint density at radius 3 is 0.804 bits per heavy atom. The van der Waals surface area contributed by atoms with Gasteiger partial charge in [-0.05, 0) is 104 Å². The largest absolute Gasteiger partial charge is 0.507 e. The van der Waals surface area contributed by atoms with Gasteiger partial charge in [-0.3, -0.25) is 9.80 Å². The van der Waals surface area contributed by atoms with Crippen LogP contribution in [0, 0.1) is 55.4 Å². The zero-order valence-electron chi connectivity index (χ0n) is 29.0. The summed E-state index contributed by atoms with van der Waals surface area (Å²) in [5.41, 5.74) is 11.5. The Hall–Kier alpha value is -4.00. The number of phenolic OH excluding ortho intramolecular Hbond substituents is 4. The van der Waals surface area contributed by atoms with Crippen molar-refractivity contribution >= 4 is 0 Å². The molecule has 0 unspecified atom stereocenters. The summed E-state index contributed by atoms with van der Waals surface area (Å²) in [6, 6.07) is 16.2. The van der Waals surface area contributed by atoms with Crippen molar-refractivity contribution in [3.63, 3.8) is 0 Å². The molecule has 0 aliphatic carbocycles. The minimum Gasteiger partial charge on any atom is -0.507 e. The highest BCUT2D eigenvalue weighted by Gasteiger charge is 2.18. The van der Waals surface area contributed by atoms with Crippen LogP contribution >= 0.6 is 0 Å². The van der Waals surface area contributed by atoms with Crippen molar-refractivity contribution in [1.82, 2.24) is 9.80 Å². The van der Waals surface area contributed by atoms with Crippen LogP contribution in [0.4, 0.5) is 0 Å². The van der Waals surface area contributed by atoms with Gasteiger partial charge in [-0.2, -0.15) is 0 Å². The Kier molecular flexibility index (Phi) is 11.4. The Balaban J connectivity index is 1.55. The second-order valence-corrected chi connectivity index (χ2v) is 13.5. The highest BCUT2D eigenvalue weighted by Crippen LogP contribution is 2.31. The molecule has 4 aromatic carbocycles. The van der Waals surface area contributed by atoms with Gasteiger partial charge >= 0.3 is 0 Å². The molecular formula is C40H52N2O4. The molecule has 0 bridgehead atoms. The number of phenols is 4. The quantitative estimate of drug-likeness (QED) is 0.112. The fourth-order valence-corrected chi connectivity index (χ4v) is 6.74. The average Bonchev–Trinajstić information content (AvgIpc) is 2.97. The van der Waals surface area contributed by atoms with Crippen LogP contribution in [-0.4, -0.2) is 43.3 Å². The van der Waals surface area contributed by atoms with E-state index in [2.05, 4.69) is 9.80 Å². The Morgan fingerprint density at radius 1 is 0.370 bits per heavy atom. The van der Waals surface area contributed by atoms with Crippen LogP contribution in [0.25, 0.3) is 0 Å². The predicted molar refractivity (Wildman–Crippen MR) is 188 cm³/mol. The van der Waals surface area contributed by atoms with Gasteiger partial charge in [-0.25, -0.2) is 0 Å². The molecule has 0 radical (unpaired) electrons. The molecule has 246 valence electrons. The molecule has 0 aliphatic rings. The summed E-state index contributed by atoms with van der Waals surface area (Å²) in [5, 5.41) is 43.6. The minimum absolute atomic E-state index is 0.327. The molecule has 6 nitrogen and oxygen atoms in total. The summed E-state index contributed by atoms with van der Waals surface area (Å²) < 4.78 is 0. The van der Waals surface area contributed by atoms with E-state index < -0.39 is 0 Å². The van der Waals surface area contributed by atoms with Gasteiger partial charge in [0.05, 0.1) is 0 Å². The number of unbranched alkanes of at least 4 members (excludes halogenated alkanes) is 1. The van der Waals surface area contributed by atoms with E-state index in [9.17, 15) is 20.4 Å². The highest BCUT2D eigenvalue weighted by molar-refractivity contribution is 5.46. The molecule has 0 fully saturated rings. The summed E-state index contributed by atoms with van der Waals surface area (Å²) in [6.07, 6.45) is 1.79. The minimum atomic E-state index is 0.327. The Labute approximate surface area is 275 Å². The standard InChI is InChI=1S/C40H52N2O4/c1-25-13-29(5)37(43)33(17-25)21-41(22-34-18-26(2)14-30(6)38(34)44)11-9-10-12-42(23-35-19-27(3)15-31(7)39(35)45)24-36-20-28(4)16-32(8)40(36)46/h13-20,43-46H,9-12,21-24H2,1-8H3. The van der Waals surface area contributed by atoms with E-state index in [0.29, 0.717) is 49.2 Å². The number of aromatic hydroxyl groups is 4. The number of rotatable bonds is 13. The zero-order chi connectivity index (χ0) is 33.7. The van der Waals surface area contributed by atoms with E-state index >= 15 is 0 Å². The monoisotopic (exact) mass is 624 g/mol. The molecule has 46 heavy (non-hydrogen) atoms. The number of benzene rings is 4. The van der Waals surface area contributed by atoms with Gasteiger partial charge in [0.2, 0.25) is 0 Å². The van der Waals surface area contributed by atoms with Crippen LogP contribution in [0.1, 0.15) is 79.6 Å². The summed E-state index contributed by atoms with van der Waals surface area (Å²) in [6.45, 7) is 19.7. The van der Waals surface area contributed by atoms with Crippen LogP contribution < -0.4 is 0 Å². The van der Waals surface area contributed by atoms with E-state index in [1.807, 2.05) is 104 Å². The van der Waals surface area contributed by atoms with Crippen LogP contribution in [0.3, 0.4) is 0 Å². The normalized spacial score (nSPS) is 11.6. The molecular weight excluding hydrogens is 572 g/mol. The van der Waals surface area contributed by atoms with Crippen molar-refractivity contribution in [2.75, 3.05) is 13.1 Å². The van der Waals surface area contributed by atoms with Crippen molar-refractivity contribution in [2.24, 2.45) is 0 Å². The highest BCUT2D eigenvalue weighted by atomic mass is 16.3. The third kappa shape index (κ3) is 8.83. The molecule has 0 saturated carbocycles. The molecule has 4 rings (SSSR count). The van der Waals surface area contributed by atoms with Crippen molar-refractivity contribution < 1.29 is 20.4 Å². The van der Waals surface area contributed by atoms with Crippen LogP contribution in [0.15, 0.2) is 48.5 Å². The number of aryl methyl sites for hydroxylation is 8. The second kappa shape index (κ2) is 15.1. The molecule has 0 spiro atoms. The molecule has 0 aliphatic heterocycles. The maximum absolute atomic E-state index is 10.9. The molecule has 0 amide bonds. The van der Waals surface area contributed by atoms with Crippen molar-refractivity contribution in [3.05, 3.63) is 115 Å². The fraction of sp³-hybridized carbons (Fsp3) is 0.400. The van der Waals surface area contributed by atoms with Crippen LogP contribution in [0.5, 0.6) is 23.0 Å². The van der Waals surface area contributed by atoms with Gasteiger partial charge in [-0.15, -0.1) is 0 Å². The maximum Gasteiger partial charge on any atom is 0.122 e. The lowest BCUT2D eigenvalue weighted by Crippen LogP contribution is -2.27. The molecule has 4 N–H and O–H groups in total. The number of nitrogens with zero attached hydrogens (tertiary/aromatic N) is 2. The van der Waals surface area contributed by atoms with Gasteiger partial charge in [0, 0.05) is 48.4 Å². The SMILES string of the molecule is Cc1cc(C)c(O)c(CN(CCCCN(Cc2cc(C)cc(C)c2O)Cc2cc(C)cc(C)c2O)Cc2cc(C)cc(C)c2O)c1.